The summed E-state index contributed by atoms with van der Waals surface area (Å²) in [6.07, 6.45) is -0.497. The molecule has 0 bridgehead atoms. The highest BCUT2D eigenvalue weighted by Crippen LogP contribution is 2.44. The quantitative estimate of drug-likeness (QED) is 0.406. The number of hydrogen-bond acceptors (Lipinski definition) is 6. The van der Waals surface area contributed by atoms with E-state index in [1.807, 2.05) is 38.1 Å². The normalized spacial score (nSPS) is 13.1. The predicted molar refractivity (Wildman–Crippen MR) is 132 cm³/mol. The van der Waals surface area contributed by atoms with Gasteiger partial charge in [-0.15, -0.1) is 11.3 Å². The lowest BCUT2D eigenvalue weighted by molar-refractivity contribution is -0.121. The van der Waals surface area contributed by atoms with Crippen molar-refractivity contribution in [3.63, 3.8) is 0 Å². The number of amides is 2. The number of carbonyl (C=O) groups excluding carboxylic acids is 2. The molecule has 4 rings (SSSR count). The number of thiazole rings is 1. The molecule has 2 amide bonds. The first kappa shape index (κ1) is 24.4. The number of nitrogens with one attached hydrogen (secondary N) is 2. The van der Waals surface area contributed by atoms with Crippen molar-refractivity contribution in [2.75, 3.05) is 6.61 Å². The number of carbonyl (C=O) groups is 3. The van der Waals surface area contributed by atoms with Gasteiger partial charge in [-0.25, -0.2) is 14.6 Å². The molecule has 8 nitrogen and oxygen atoms in total. The Balaban J connectivity index is 1.31. The Morgan fingerprint density at radius 3 is 2.26 bits per heavy atom. The van der Waals surface area contributed by atoms with Crippen LogP contribution >= 0.6 is 11.3 Å². The molecular formula is C26H27N3O5S. The number of nitrogens with zero attached hydrogens (tertiary/aromatic N) is 1. The topological polar surface area (TPSA) is 118 Å². The molecule has 0 saturated carbocycles. The van der Waals surface area contributed by atoms with Crippen LogP contribution in [-0.4, -0.2) is 40.7 Å². The highest BCUT2D eigenvalue weighted by atomic mass is 32.1. The first-order valence-corrected chi connectivity index (χ1v) is 12.3. The molecule has 1 atom stereocenters. The van der Waals surface area contributed by atoms with Crippen LogP contribution in [0.3, 0.4) is 0 Å². The van der Waals surface area contributed by atoms with E-state index in [0.717, 1.165) is 22.3 Å². The highest BCUT2D eigenvalue weighted by molar-refractivity contribution is 7.09. The molecule has 35 heavy (non-hydrogen) atoms. The maximum absolute atomic E-state index is 12.6. The number of aromatic nitrogens is 1. The van der Waals surface area contributed by atoms with Gasteiger partial charge >= 0.3 is 12.1 Å². The van der Waals surface area contributed by atoms with E-state index in [1.54, 1.807) is 0 Å². The Morgan fingerprint density at radius 2 is 1.69 bits per heavy atom. The van der Waals surface area contributed by atoms with E-state index < -0.39 is 18.1 Å². The third-order valence-corrected chi connectivity index (χ3v) is 6.91. The number of aromatic carboxylic acids is 1. The van der Waals surface area contributed by atoms with E-state index in [0.29, 0.717) is 5.01 Å². The van der Waals surface area contributed by atoms with E-state index in [-0.39, 0.29) is 43.0 Å². The van der Waals surface area contributed by atoms with Crippen LogP contribution in [0.25, 0.3) is 11.1 Å². The second-order valence-electron chi connectivity index (χ2n) is 8.73. The minimum Gasteiger partial charge on any atom is -0.476 e. The molecule has 0 radical (unpaired) electrons. The lowest BCUT2D eigenvalue weighted by Crippen LogP contribution is -2.42. The maximum Gasteiger partial charge on any atom is 0.407 e. The van der Waals surface area contributed by atoms with Gasteiger partial charge in [0.2, 0.25) is 5.91 Å². The molecule has 1 aliphatic carbocycles. The molecule has 0 spiro atoms. The van der Waals surface area contributed by atoms with Crippen molar-refractivity contribution >= 4 is 29.3 Å². The summed E-state index contributed by atoms with van der Waals surface area (Å²) in [5.41, 5.74) is 4.54. The van der Waals surface area contributed by atoms with Crippen LogP contribution in [0, 0.1) is 5.92 Å². The molecule has 1 aliphatic rings. The van der Waals surface area contributed by atoms with E-state index >= 15 is 0 Å². The fourth-order valence-electron chi connectivity index (χ4n) is 4.18. The molecule has 2 aromatic carbocycles. The van der Waals surface area contributed by atoms with Gasteiger partial charge in [-0.05, 0) is 28.2 Å². The second-order valence-corrected chi connectivity index (χ2v) is 9.68. The Labute approximate surface area is 207 Å². The van der Waals surface area contributed by atoms with Crippen LogP contribution in [0.15, 0.2) is 53.9 Å². The van der Waals surface area contributed by atoms with Crippen molar-refractivity contribution in [1.29, 1.82) is 0 Å². The summed E-state index contributed by atoms with van der Waals surface area (Å²) in [5, 5.41) is 16.4. The summed E-state index contributed by atoms with van der Waals surface area (Å²) in [6.45, 7) is 4.17. The smallest absolute Gasteiger partial charge is 0.407 e. The Bertz CT molecular complexity index is 1190. The molecule has 182 valence electrons. The summed E-state index contributed by atoms with van der Waals surface area (Å²) in [5.74, 6) is -1.41. The van der Waals surface area contributed by atoms with E-state index in [9.17, 15) is 14.4 Å². The number of carboxylic acids is 1. The lowest BCUT2D eigenvalue weighted by Gasteiger charge is -2.22. The third kappa shape index (κ3) is 5.68. The fourth-order valence-corrected chi connectivity index (χ4v) is 4.89. The van der Waals surface area contributed by atoms with Gasteiger partial charge < -0.3 is 20.5 Å². The van der Waals surface area contributed by atoms with Gasteiger partial charge in [0.1, 0.15) is 11.6 Å². The summed E-state index contributed by atoms with van der Waals surface area (Å²) in [6, 6.07) is 15.8. The summed E-state index contributed by atoms with van der Waals surface area (Å²) in [7, 11) is 0. The van der Waals surface area contributed by atoms with Crippen LogP contribution in [0.4, 0.5) is 4.79 Å². The number of benzene rings is 2. The van der Waals surface area contributed by atoms with Gasteiger partial charge in [0.05, 0.1) is 6.54 Å². The van der Waals surface area contributed by atoms with Gasteiger partial charge in [0, 0.05) is 23.8 Å². The Morgan fingerprint density at radius 1 is 1.06 bits per heavy atom. The van der Waals surface area contributed by atoms with Crippen molar-refractivity contribution in [1.82, 2.24) is 15.6 Å². The van der Waals surface area contributed by atoms with Gasteiger partial charge in [-0.3, -0.25) is 4.79 Å². The first-order valence-electron chi connectivity index (χ1n) is 11.4. The van der Waals surface area contributed by atoms with Gasteiger partial charge in [-0.2, -0.15) is 0 Å². The number of alkyl carbamates (subject to hydrolysis) is 1. The van der Waals surface area contributed by atoms with Crippen molar-refractivity contribution in [3.8, 4) is 11.1 Å². The molecular weight excluding hydrogens is 466 g/mol. The number of ether oxygens (including phenoxy) is 1. The lowest BCUT2D eigenvalue weighted by atomic mass is 9.98. The molecule has 0 fully saturated rings. The largest absolute Gasteiger partial charge is 0.476 e. The maximum atomic E-state index is 12.6. The van der Waals surface area contributed by atoms with Crippen molar-refractivity contribution in [2.45, 2.75) is 38.8 Å². The number of carboxylic acid groups (broad SMARTS) is 1. The zero-order valence-electron chi connectivity index (χ0n) is 19.5. The van der Waals surface area contributed by atoms with Crippen LogP contribution in [0.1, 0.15) is 52.8 Å². The van der Waals surface area contributed by atoms with Gasteiger partial charge in [0.15, 0.2) is 5.69 Å². The molecule has 1 heterocycles. The minimum atomic E-state index is -1.11. The van der Waals surface area contributed by atoms with Crippen LogP contribution < -0.4 is 10.6 Å². The zero-order chi connectivity index (χ0) is 24.9. The Kier molecular flexibility index (Phi) is 7.45. The average Bonchev–Trinajstić information content (AvgIpc) is 3.44. The summed E-state index contributed by atoms with van der Waals surface area (Å²) >= 11 is 1.17. The molecule has 0 aliphatic heterocycles. The van der Waals surface area contributed by atoms with Crippen LogP contribution in [0.5, 0.6) is 0 Å². The zero-order valence-corrected chi connectivity index (χ0v) is 20.3. The second kappa shape index (κ2) is 10.7. The SMILES string of the molecule is CC(C)[C@H](CC(=O)NCc1nc(C(=O)O)cs1)NC(=O)OCC1c2ccccc2-c2ccccc21. The molecule has 3 aromatic rings. The van der Waals surface area contributed by atoms with Gasteiger partial charge in [-0.1, -0.05) is 62.4 Å². The average molecular weight is 494 g/mol. The molecule has 3 N–H and O–H groups in total. The third-order valence-electron chi connectivity index (χ3n) is 6.06. The number of rotatable bonds is 9. The monoisotopic (exact) mass is 493 g/mol. The highest BCUT2D eigenvalue weighted by Gasteiger charge is 2.29. The van der Waals surface area contributed by atoms with E-state index in [4.69, 9.17) is 9.84 Å². The number of fused-ring (bicyclic) bond motifs is 3. The van der Waals surface area contributed by atoms with Crippen LogP contribution in [0.2, 0.25) is 0 Å². The van der Waals surface area contributed by atoms with E-state index in [2.05, 4.69) is 39.9 Å². The molecule has 9 heteroatoms. The fraction of sp³-hybridized carbons (Fsp3) is 0.308. The molecule has 0 saturated heterocycles. The minimum absolute atomic E-state index is 0.000270. The van der Waals surface area contributed by atoms with Crippen molar-refractivity contribution in [3.05, 3.63) is 75.7 Å². The number of hydrogen-bond donors (Lipinski definition) is 3. The standard InChI is InChI=1S/C26H27N3O5S/c1-15(2)21(11-23(30)27-12-24-28-22(14-35-24)25(31)32)29-26(33)34-13-20-18-9-5-3-7-16(18)17-8-4-6-10-19(17)20/h3-10,14-15,20-21H,11-13H2,1-2H3,(H,27,30)(H,29,33)(H,31,32)/t21-/m0/s1. The Hall–Kier alpha value is -3.72. The van der Waals surface area contributed by atoms with Crippen LogP contribution in [-0.2, 0) is 16.1 Å². The van der Waals surface area contributed by atoms with E-state index in [1.165, 1.54) is 16.7 Å². The predicted octanol–water partition coefficient (Wildman–Crippen LogP) is 4.41. The summed E-state index contributed by atoms with van der Waals surface area (Å²) < 4.78 is 5.61. The first-order chi connectivity index (χ1) is 16.8. The van der Waals surface area contributed by atoms with Gasteiger partial charge in [0.25, 0.3) is 0 Å². The molecule has 0 unspecified atom stereocenters. The van der Waals surface area contributed by atoms with Crippen molar-refractivity contribution in [2.24, 2.45) is 5.92 Å². The summed E-state index contributed by atoms with van der Waals surface area (Å²) in [4.78, 5) is 40.0. The molecule has 1 aromatic heterocycles. The van der Waals surface area contributed by atoms with Crippen molar-refractivity contribution < 1.29 is 24.2 Å².